The third kappa shape index (κ3) is 4.72. The van der Waals surface area contributed by atoms with Crippen LogP contribution in [0.2, 0.25) is 0 Å². The highest BCUT2D eigenvalue weighted by molar-refractivity contribution is 5.85. The maximum atomic E-state index is 5.54. The maximum absolute atomic E-state index is 5.54. The van der Waals surface area contributed by atoms with Crippen LogP contribution in [0.1, 0.15) is 11.1 Å². The van der Waals surface area contributed by atoms with E-state index < -0.39 is 0 Å². The van der Waals surface area contributed by atoms with Crippen LogP contribution in [0.25, 0.3) is 10.8 Å². The summed E-state index contributed by atoms with van der Waals surface area (Å²) in [6, 6.07) is 21.4. The zero-order chi connectivity index (χ0) is 20.1. The lowest BCUT2D eigenvalue weighted by atomic mass is 10.0. The molecule has 152 valence electrons. The van der Waals surface area contributed by atoms with Crippen LogP contribution in [0.4, 0.5) is 0 Å². The Labute approximate surface area is 173 Å². The Balaban J connectivity index is 1.32. The van der Waals surface area contributed by atoms with Crippen molar-refractivity contribution in [2.24, 2.45) is 0 Å². The number of hydrogen-bond donors (Lipinski definition) is 0. The van der Waals surface area contributed by atoms with E-state index in [2.05, 4.69) is 58.3 Å². The topological polar surface area (TPSA) is 24.9 Å². The Morgan fingerprint density at radius 1 is 0.759 bits per heavy atom. The van der Waals surface area contributed by atoms with E-state index >= 15 is 0 Å². The maximum Gasteiger partial charge on any atom is 0.123 e. The number of piperazine rings is 1. The van der Waals surface area contributed by atoms with Crippen molar-refractivity contribution in [3.63, 3.8) is 0 Å². The van der Waals surface area contributed by atoms with Crippen molar-refractivity contribution in [1.29, 1.82) is 0 Å². The summed E-state index contributed by atoms with van der Waals surface area (Å²) in [6.45, 7) is 6.39. The molecule has 1 heterocycles. The molecule has 0 spiro atoms. The molecule has 3 aromatic carbocycles. The molecule has 1 aliphatic rings. The van der Waals surface area contributed by atoms with Gasteiger partial charge in [0.15, 0.2) is 0 Å². The number of hydrogen-bond acceptors (Lipinski definition) is 4. The molecule has 4 heteroatoms. The fourth-order valence-corrected chi connectivity index (χ4v) is 4.21. The summed E-state index contributed by atoms with van der Waals surface area (Å²) in [5.74, 6) is 1.82. The van der Waals surface area contributed by atoms with Gasteiger partial charge in [-0.1, -0.05) is 42.5 Å². The number of rotatable bonds is 7. The zero-order valence-electron chi connectivity index (χ0n) is 17.4. The molecule has 0 radical (unpaired) electrons. The molecule has 3 aromatic rings. The van der Waals surface area contributed by atoms with Gasteiger partial charge in [0.05, 0.1) is 14.2 Å². The van der Waals surface area contributed by atoms with Gasteiger partial charge in [-0.25, -0.2) is 0 Å². The second-order valence-electron chi connectivity index (χ2n) is 7.68. The van der Waals surface area contributed by atoms with Crippen molar-refractivity contribution in [3.05, 3.63) is 71.8 Å². The summed E-state index contributed by atoms with van der Waals surface area (Å²) < 4.78 is 10.9. The first kappa shape index (κ1) is 19.7. The lowest BCUT2D eigenvalue weighted by Crippen LogP contribution is -2.46. The molecule has 0 atom stereocenters. The number of benzene rings is 3. The van der Waals surface area contributed by atoms with Crippen LogP contribution in [0.15, 0.2) is 60.7 Å². The third-order valence-corrected chi connectivity index (χ3v) is 5.92. The number of nitrogens with zero attached hydrogens (tertiary/aromatic N) is 2. The first-order valence-corrected chi connectivity index (χ1v) is 10.4. The molecule has 0 aliphatic carbocycles. The van der Waals surface area contributed by atoms with E-state index in [1.165, 1.54) is 21.9 Å². The first-order chi connectivity index (χ1) is 14.3. The zero-order valence-corrected chi connectivity index (χ0v) is 17.4. The van der Waals surface area contributed by atoms with Gasteiger partial charge < -0.3 is 14.4 Å². The lowest BCUT2D eigenvalue weighted by Gasteiger charge is -2.35. The smallest absolute Gasteiger partial charge is 0.123 e. The third-order valence-electron chi connectivity index (χ3n) is 5.92. The van der Waals surface area contributed by atoms with Crippen molar-refractivity contribution in [3.8, 4) is 11.5 Å². The second kappa shape index (κ2) is 9.29. The van der Waals surface area contributed by atoms with Crippen LogP contribution in [-0.4, -0.2) is 56.7 Å². The SMILES string of the molecule is COc1ccc(OC)c(CN2CCN(CCc3cccc4ccccc34)CC2)c1. The number of methoxy groups -OCH3 is 2. The van der Waals surface area contributed by atoms with Gasteiger partial charge in [0, 0.05) is 44.8 Å². The van der Waals surface area contributed by atoms with Crippen molar-refractivity contribution in [2.75, 3.05) is 46.9 Å². The summed E-state index contributed by atoms with van der Waals surface area (Å²) in [4.78, 5) is 5.09. The molecule has 4 nitrogen and oxygen atoms in total. The van der Waals surface area contributed by atoms with Gasteiger partial charge in [-0.3, -0.25) is 4.90 Å². The molecule has 0 amide bonds. The molecular formula is C25H30N2O2. The minimum Gasteiger partial charge on any atom is -0.497 e. The molecule has 0 aromatic heterocycles. The standard InChI is InChI=1S/C25H30N2O2/c1-28-23-10-11-25(29-2)22(18-23)19-27-16-14-26(15-17-27)13-12-21-8-5-7-20-6-3-4-9-24(20)21/h3-11,18H,12-17,19H2,1-2H3. The van der Waals surface area contributed by atoms with E-state index in [0.717, 1.165) is 57.2 Å². The van der Waals surface area contributed by atoms with Gasteiger partial charge in [0.25, 0.3) is 0 Å². The second-order valence-corrected chi connectivity index (χ2v) is 7.68. The van der Waals surface area contributed by atoms with Crippen molar-refractivity contribution < 1.29 is 9.47 Å². The van der Waals surface area contributed by atoms with Gasteiger partial charge in [0.2, 0.25) is 0 Å². The van der Waals surface area contributed by atoms with Crippen LogP contribution in [-0.2, 0) is 13.0 Å². The molecule has 0 unspecified atom stereocenters. The molecule has 0 N–H and O–H groups in total. The average molecular weight is 391 g/mol. The molecule has 0 saturated carbocycles. The fourth-order valence-electron chi connectivity index (χ4n) is 4.21. The van der Waals surface area contributed by atoms with Gasteiger partial charge in [-0.15, -0.1) is 0 Å². The molecular weight excluding hydrogens is 360 g/mol. The van der Waals surface area contributed by atoms with Crippen molar-refractivity contribution in [2.45, 2.75) is 13.0 Å². The summed E-state index contributed by atoms with van der Waals surface area (Å²) in [5.41, 5.74) is 2.64. The largest absolute Gasteiger partial charge is 0.497 e. The normalized spacial score (nSPS) is 15.5. The van der Waals surface area contributed by atoms with Gasteiger partial charge in [-0.05, 0) is 41.0 Å². The van der Waals surface area contributed by atoms with E-state index in [1.54, 1.807) is 14.2 Å². The van der Waals surface area contributed by atoms with Crippen LogP contribution in [0.5, 0.6) is 11.5 Å². The molecule has 1 fully saturated rings. The molecule has 1 aliphatic heterocycles. The van der Waals surface area contributed by atoms with Crippen LogP contribution in [0.3, 0.4) is 0 Å². The van der Waals surface area contributed by atoms with E-state index in [4.69, 9.17) is 9.47 Å². The summed E-state index contributed by atoms with van der Waals surface area (Å²) in [7, 11) is 3.44. The monoisotopic (exact) mass is 390 g/mol. The van der Waals surface area contributed by atoms with E-state index in [9.17, 15) is 0 Å². The van der Waals surface area contributed by atoms with Crippen molar-refractivity contribution >= 4 is 10.8 Å². The molecule has 1 saturated heterocycles. The van der Waals surface area contributed by atoms with Crippen molar-refractivity contribution in [1.82, 2.24) is 9.80 Å². The highest BCUT2D eigenvalue weighted by Gasteiger charge is 2.18. The first-order valence-electron chi connectivity index (χ1n) is 10.4. The Bertz CT molecular complexity index is 943. The minimum atomic E-state index is 0.884. The molecule has 29 heavy (non-hydrogen) atoms. The highest BCUT2D eigenvalue weighted by atomic mass is 16.5. The molecule has 0 bridgehead atoms. The van der Waals surface area contributed by atoms with Crippen LogP contribution >= 0.6 is 0 Å². The fraction of sp³-hybridized carbons (Fsp3) is 0.360. The van der Waals surface area contributed by atoms with Gasteiger partial charge in [0.1, 0.15) is 11.5 Å². The van der Waals surface area contributed by atoms with E-state index in [0.29, 0.717) is 0 Å². The summed E-state index contributed by atoms with van der Waals surface area (Å²) in [5, 5.41) is 2.72. The Kier molecular flexibility index (Phi) is 6.33. The lowest BCUT2D eigenvalue weighted by molar-refractivity contribution is 0.127. The Morgan fingerprint density at radius 2 is 1.52 bits per heavy atom. The minimum absolute atomic E-state index is 0.884. The van der Waals surface area contributed by atoms with E-state index in [1.807, 2.05) is 12.1 Å². The average Bonchev–Trinajstić information content (AvgIpc) is 2.78. The van der Waals surface area contributed by atoms with Crippen LogP contribution in [0, 0.1) is 0 Å². The van der Waals surface area contributed by atoms with E-state index in [-0.39, 0.29) is 0 Å². The van der Waals surface area contributed by atoms with Gasteiger partial charge >= 0.3 is 0 Å². The summed E-state index contributed by atoms with van der Waals surface area (Å²) >= 11 is 0. The molecule has 4 rings (SSSR count). The van der Waals surface area contributed by atoms with Crippen LogP contribution < -0.4 is 9.47 Å². The predicted molar refractivity (Wildman–Crippen MR) is 119 cm³/mol. The highest BCUT2D eigenvalue weighted by Crippen LogP contribution is 2.26. The quantitative estimate of drug-likeness (QED) is 0.603. The predicted octanol–water partition coefficient (Wildman–Crippen LogP) is 4.22. The summed E-state index contributed by atoms with van der Waals surface area (Å²) in [6.07, 6.45) is 1.10. The Morgan fingerprint density at radius 3 is 2.31 bits per heavy atom. The number of ether oxygens (including phenoxy) is 2. The Hall–Kier alpha value is -2.56. The number of fused-ring (bicyclic) bond motifs is 1. The van der Waals surface area contributed by atoms with Gasteiger partial charge in [-0.2, -0.15) is 0 Å².